The summed E-state index contributed by atoms with van der Waals surface area (Å²) in [6.07, 6.45) is 2.24. The molecule has 1 amide bonds. The molecule has 0 radical (unpaired) electrons. The number of carboxylic acids is 1. The molecule has 1 rings (SSSR count). The van der Waals surface area contributed by atoms with Crippen LogP contribution in [0.25, 0.3) is 0 Å². The van der Waals surface area contributed by atoms with E-state index in [-0.39, 0.29) is 17.9 Å². The average Bonchev–Trinajstić information content (AvgIpc) is 2.76. The summed E-state index contributed by atoms with van der Waals surface area (Å²) in [6, 6.07) is 2.80. The molecule has 106 valence electrons. The molecule has 0 aromatic carbocycles. The van der Waals surface area contributed by atoms with Crippen molar-refractivity contribution in [2.75, 3.05) is 0 Å². The van der Waals surface area contributed by atoms with Gasteiger partial charge in [-0.15, -0.1) is 0 Å². The molecule has 0 aliphatic heterocycles. The van der Waals surface area contributed by atoms with Gasteiger partial charge in [-0.25, -0.2) is 4.79 Å². The summed E-state index contributed by atoms with van der Waals surface area (Å²) in [4.78, 5) is 23.3. The molecule has 1 atom stereocenters. The molecular weight excluding hydrogens is 244 g/mol. The normalized spacial score (nSPS) is 12.7. The molecule has 0 bridgehead atoms. The number of amides is 1. The van der Waals surface area contributed by atoms with Gasteiger partial charge in [0.25, 0.3) is 5.91 Å². The van der Waals surface area contributed by atoms with Gasteiger partial charge in [0.05, 0.1) is 0 Å². The molecule has 0 saturated carbocycles. The van der Waals surface area contributed by atoms with Crippen molar-refractivity contribution in [1.29, 1.82) is 0 Å². The van der Waals surface area contributed by atoms with Gasteiger partial charge < -0.3 is 15.0 Å². The zero-order chi connectivity index (χ0) is 14.6. The van der Waals surface area contributed by atoms with Crippen molar-refractivity contribution in [1.82, 2.24) is 9.88 Å². The van der Waals surface area contributed by atoms with E-state index in [1.165, 1.54) is 0 Å². The number of nitrogens with zero attached hydrogens (tertiary/aromatic N) is 1. The van der Waals surface area contributed by atoms with E-state index in [4.69, 9.17) is 5.11 Å². The van der Waals surface area contributed by atoms with Gasteiger partial charge in [0, 0.05) is 12.2 Å². The minimum absolute atomic E-state index is 0.157. The topological polar surface area (TPSA) is 71.3 Å². The fourth-order valence-electron chi connectivity index (χ4n) is 1.96. The van der Waals surface area contributed by atoms with Gasteiger partial charge in [-0.05, 0) is 38.3 Å². The molecule has 0 fully saturated rings. The van der Waals surface area contributed by atoms with E-state index in [1.807, 2.05) is 38.5 Å². The summed E-state index contributed by atoms with van der Waals surface area (Å²) in [6.45, 7) is 7.80. The molecule has 2 N–H and O–H groups in total. The minimum atomic E-state index is -0.996. The maximum Gasteiger partial charge on any atom is 0.326 e. The SMILES string of the molecule is CC(C)C[C@@H](NC(=O)c1cccn1C(C)C)C(=O)O. The summed E-state index contributed by atoms with van der Waals surface area (Å²) in [5, 5.41) is 11.7. The smallest absolute Gasteiger partial charge is 0.326 e. The number of carbonyl (C=O) groups is 2. The van der Waals surface area contributed by atoms with Gasteiger partial charge in [-0.2, -0.15) is 0 Å². The Kier molecular flexibility index (Phi) is 5.15. The first kappa shape index (κ1) is 15.3. The third kappa shape index (κ3) is 4.12. The van der Waals surface area contributed by atoms with Crippen molar-refractivity contribution in [3.8, 4) is 0 Å². The number of hydrogen-bond acceptors (Lipinski definition) is 2. The van der Waals surface area contributed by atoms with E-state index < -0.39 is 12.0 Å². The summed E-state index contributed by atoms with van der Waals surface area (Å²) >= 11 is 0. The first-order chi connectivity index (χ1) is 8.82. The molecule has 0 unspecified atom stereocenters. The summed E-state index contributed by atoms with van der Waals surface area (Å²) in [5.41, 5.74) is 0.491. The Morgan fingerprint density at radius 2 is 1.95 bits per heavy atom. The number of aliphatic carboxylic acids is 1. The highest BCUT2D eigenvalue weighted by Crippen LogP contribution is 2.12. The van der Waals surface area contributed by atoms with E-state index in [0.717, 1.165) is 0 Å². The molecule has 5 heteroatoms. The molecule has 0 saturated heterocycles. The molecule has 0 spiro atoms. The van der Waals surface area contributed by atoms with E-state index in [2.05, 4.69) is 5.32 Å². The number of nitrogens with one attached hydrogen (secondary N) is 1. The average molecular weight is 266 g/mol. The second-order valence-corrected chi connectivity index (χ2v) is 5.39. The highest BCUT2D eigenvalue weighted by molar-refractivity contribution is 5.95. The van der Waals surface area contributed by atoms with Crippen LogP contribution in [-0.4, -0.2) is 27.6 Å². The Labute approximate surface area is 113 Å². The zero-order valence-corrected chi connectivity index (χ0v) is 11.9. The Balaban J connectivity index is 2.82. The predicted octanol–water partition coefficient (Wildman–Crippen LogP) is 2.30. The van der Waals surface area contributed by atoms with Crippen LogP contribution >= 0.6 is 0 Å². The van der Waals surface area contributed by atoms with Crippen molar-refractivity contribution < 1.29 is 14.7 Å². The zero-order valence-electron chi connectivity index (χ0n) is 11.9. The van der Waals surface area contributed by atoms with Crippen LogP contribution in [0.4, 0.5) is 0 Å². The number of carbonyl (C=O) groups excluding carboxylic acids is 1. The monoisotopic (exact) mass is 266 g/mol. The van der Waals surface area contributed by atoms with Crippen molar-refractivity contribution in [3.05, 3.63) is 24.0 Å². The highest BCUT2D eigenvalue weighted by Gasteiger charge is 2.23. The van der Waals surface area contributed by atoms with Gasteiger partial charge in [-0.1, -0.05) is 13.8 Å². The van der Waals surface area contributed by atoms with Crippen LogP contribution < -0.4 is 5.32 Å². The summed E-state index contributed by atoms with van der Waals surface area (Å²) in [5.74, 6) is -1.13. The molecule has 1 aromatic rings. The van der Waals surface area contributed by atoms with Crippen LogP contribution in [0.3, 0.4) is 0 Å². The first-order valence-electron chi connectivity index (χ1n) is 6.53. The van der Waals surface area contributed by atoms with Crippen LogP contribution in [0.5, 0.6) is 0 Å². The Morgan fingerprint density at radius 1 is 1.32 bits per heavy atom. The standard InChI is InChI=1S/C14H22N2O3/c1-9(2)8-11(14(18)19)15-13(17)12-6-5-7-16(12)10(3)4/h5-7,9-11H,8H2,1-4H3,(H,15,17)(H,18,19)/t11-/m1/s1. The van der Waals surface area contributed by atoms with E-state index in [1.54, 1.807) is 12.1 Å². The first-order valence-corrected chi connectivity index (χ1v) is 6.53. The largest absolute Gasteiger partial charge is 0.480 e. The Morgan fingerprint density at radius 3 is 2.42 bits per heavy atom. The van der Waals surface area contributed by atoms with Crippen molar-refractivity contribution in [2.45, 2.75) is 46.2 Å². The fraction of sp³-hybridized carbons (Fsp3) is 0.571. The lowest BCUT2D eigenvalue weighted by atomic mass is 10.0. The lowest BCUT2D eigenvalue weighted by Crippen LogP contribution is -2.42. The molecule has 1 heterocycles. The van der Waals surface area contributed by atoms with Crippen molar-refractivity contribution in [2.24, 2.45) is 5.92 Å². The number of hydrogen-bond donors (Lipinski definition) is 2. The van der Waals surface area contributed by atoms with E-state index in [0.29, 0.717) is 12.1 Å². The van der Waals surface area contributed by atoms with Gasteiger partial charge in [0.1, 0.15) is 11.7 Å². The Hall–Kier alpha value is -1.78. The van der Waals surface area contributed by atoms with Gasteiger partial charge in [-0.3, -0.25) is 4.79 Å². The van der Waals surface area contributed by atoms with Crippen LogP contribution in [0.2, 0.25) is 0 Å². The van der Waals surface area contributed by atoms with Crippen molar-refractivity contribution >= 4 is 11.9 Å². The number of aromatic nitrogens is 1. The van der Waals surface area contributed by atoms with Crippen LogP contribution in [0, 0.1) is 5.92 Å². The summed E-state index contributed by atoms with van der Waals surface area (Å²) < 4.78 is 1.82. The van der Waals surface area contributed by atoms with Gasteiger partial charge in [0.2, 0.25) is 0 Å². The lowest BCUT2D eigenvalue weighted by molar-refractivity contribution is -0.139. The maximum absolute atomic E-state index is 12.1. The van der Waals surface area contributed by atoms with E-state index in [9.17, 15) is 9.59 Å². The highest BCUT2D eigenvalue weighted by atomic mass is 16.4. The van der Waals surface area contributed by atoms with E-state index >= 15 is 0 Å². The molecule has 1 aromatic heterocycles. The quantitative estimate of drug-likeness (QED) is 0.830. The fourth-order valence-corrected chi connectivity index (χ4v) is 1.96. The second-order valence-electron chi connectivity index (χ2n) is 5.39. The molecular formula is C14H22N2O3. The molecule has 19 heavy (non-hydrogen) atoms. The second kappa shape index (κ2) is 6.41. The molecule has 0 aliphatic rings. The van der Waals surface area contributed by atoms with Crippen LogP contribution in [0.1, 0.15) is 50.6 Å². The van der Waals surface area contributed by atoms with Crippen LogP contribution in [-0.2, 0) is 4.79 Å². The number of carboxylic acid groups (broad SMARTS) is 1. The molecule has 5 nitrogen and oxygen atoms in total. The maximum atomic E-state index is 12.1. The minimum Gasteiger partial charge on any atom is -0.480 e. The summed E-state index contributed by atoms with van der Waals surface area (Å²) in [7, 11) is 0. The van der Waals surface area contributed by atoms with Crippen LogP contribution in [0.15, 0.2) is 18.3 Å². The third-order valence-electron chi connectivity index (χ3n) is 2.88. The predicted molar refractivity (Wildman–Crippen MR) is 73.2 cm³/mol. The molecule has 0 aliphatic carbocycles. The Bertz CT molecular complexity index is 449. The number of rotatable bonds is 6. The third-order valence-corrected chi connectivity index (χ3v) is 2.88. The van der Waals surface area contributed by atoms with Gasteiger partial charge >= 0.3 is 5.97 Å². The lowest BCUT2D eigenvalue weighted by Gasteiger charge is -2.18. The van der Waals surface area contributed by atoms with Crippen molar-refractivity contribution in [3.63, 3.8) is 0 Å². The van der Waals surface area contributed by atoms with Gasteiger partial charge in [0.15, 0.2) is 0 Å².